The molecule has 6 heteroatoms. The normalized spacial score (nSPS) is 41.8. The molecule has 2 aliphatic rings. The van der Waals surface area contributed by atoms with E-state index in [-0.39, 0.29) is 29.7 Å². The topological polar surface area (TPSA) is 85.1 Å². The standard InChI is InChI=1S/C12H21NO4S/c1-7-8(2)12(7,13)10-11(17-10)16-5-3-9(15)18-6-4-14/h7-8,10-11,14H,3-6,13H2,1-2H3/t7-,8?,10?,11?,12?/m1/s1. The first-order valence-electron chi connectivity index (χ1n) is 6.34. The Kier molecular flexibility index (Phi) is 4.33. The summed E-state index contributed by atoms with van der Waals surface area (Å²) in [5, 5.41) is 8.62. The van der Waals surface area contributed by atoms with E-state index in [9.17, 15) is 4.79 Å². The highest BCUT2D eigenvalue weighted by Crippen LogP contribution is 2.56. The number of ether oxygens (including phenoxy) is 2. The van der Waals surface area contributed by atoms with E-state index in [1.165, 1.54) is 0 Å². The van der Waals surface area contributed by atoms with Gasteiger partial charge in [0, 0.05) is 12.2 Å². The number of aliphatic hydroxyl groups excluding tert-OH is 1. The summed E-state index contributed by atoms with van der Waals surface area (Å²) in [6, 6.07) is 0. The van der Waals surface area contributed by atoms with Crippen LogP contribution < -0.4 is 5.73 Å². The summed E-state index contributed by atoms with van der Waals surface area (Å²) < 4.78 is 10.9. The molecule has 0 spiro atoms. The number of nitrogens with two attached hydrogens (primary N) is 1. The van der Waals surface area contributed by atoms with Crippen molar-refractivity contribution in [3.05, 3.63) is 0 Å². The van der Waals surface area contributed by atoms with Gasteiger partial charge in [0.25, 0.3) is 0 Å². The molecule has 1 aliphatic heterocycles. The number of thioether (sulfide) groups is 1. The quantitative estimate of drug-likeness (QED) is 0.652. The highest BCUT2D eigenvalue weighted by molar-refractivity contribution is 8.13. The molecule has 4 unspecified atom stereocenters. The summed E-state index contributed by atoms with van der Waals surface area (Å²) in [6.45, 7) is 4.63. The van der Waals surface area contributed by atoms with Crippen LogP contribution in [0.15, 0.2) is 0 Å². The number of rotatable bonds is 7. The van der Waals surface area contributed by atoms with E-state index >= 15 is 0 Å². The van der Waals surface area contributed by atoms with Gasteiger partial charge in [-0.05, 0) is 11.8 Å². The fourth-order valence-electron chi connectivity index (χ4n) is 2.43. The molecule has 2 fully saturated rings. The van der Waals surface area contributed by atoms with Crippen LogP contribution in [0.4, 0.5) is 0 Å². The number of hydrogen-bond acceptors (Lipinski definition) is 6. The molecule has 1 heterocycles. The van der Waals surface area contributed by atoms with Crippen LogP contribution in [0.5, 0.6) is 0 Å². The maximum Gasteiger partial charge on any atom is 0.191 e. The van der Waals surface area contributed by atoms with Crippen molar-refractivity contribution in [1.82, 2.24) is 0 Å². The molecule has 0 aromatic carbocycles. The van der Waals surface area contributed by atoms with Crippen molar-refractivity contribution in [3.8, 4) is 0 Å². The summed E-state index contributed by atoms with van der Waals surface area (Å²) in [6.07, 6.45) is 0.0978. The average Bonchev–Trinajstić information content (AvgIpc) is 3.22. The van der Waals surface area contributed by atoms with Crippen LogP contribution in [0.3, 0.4) is 0 Å². The van der Waals surface area contributed by atoms with Gasteiger partial charge in [-0.25, -0.2) is 0 Å². The number of carbonyl (C=O) groups is 1. The third kappa shape index (κ3) is 2.72. The van der Waals surface area contributed by atoms with E-state index in [2.05, 4.69) is 13.8 Å². The van der Waals surface area contributed by atoms with E-state index in [4.69, 9.17) is 20.3 Å². The van der Waals surface area contributed by atoms with E-state index in [0.717, 1.165) is 11.8 Å². The Balaban J connectivity index is 1.59. The maximum atomic E-state index is 11.3. The maximum absolute atomic E-state index is 11.3. The van der Waals surface area contributed by atoms with Crippen LogP contribution in [0.25, 0.3) is 0 Å². The van der Waals surface area contributed by atoms with Crippen LogP contribution in [-0.2, 0) is 14.3 Å². The summed E-state index contributed by atoms with van der Waals surface area (Å²) in [5.41, 5.74) is 5.99. The van der Waals surface area contributed by atoms with Gasteiger partial charge in [-0.1, -0.05) is 25.6 Å². The van der Waals surface area contributed by atoms with Crippen LogP contribution in [-0.4, -0.2) is 47.1 Å². The summed E-state index contributed by atoms with van der Waals surface area (Å²) in [7, 11) is 0. The fraction of sp³-hybridized carbons (Fsp3) is 0.917. The lowest BCUT2D eigenvalue weighted by Crippen LogP contribution is -2.34. The molecular weight excluding hydrogens is 254 g/mol. The third-order valence-corrected chi connectivity index (χ3v) is 5.02. The summed E-state index contributed by atoms with van der Waals surface area (Å²) >= 11 is 1.13. The molecule has 0 aromatic rings. The number of carbonyl (C=O) groups excluding carboxylic acids is 1. The Morgan fingerprint density at radius 3 is 2.72 bits per heavy atom. The first-order chi connectivity index (χ1) is 8.51. The van der Waals surface area contributed by atoms with E-state index in [1.54, 1.807) is 0 Å². The Morgan fingerprint density at radius 2 is 2.17 bits per heavy atom. The second-order valence-corrected chi connectivity index (χ2v) is 6.22. The Bertz CT molecular complexity index is 317. The molecule has 0 bridgehead atoms. The van der Waals surface area contributed by atoms with Gasteiger partial charge in [0.1, 0.15) is 6.10 Å². The summed E-state index contributed by atoms with van der Waals surface area (Å²) in [5.74, 6) is 1.39. The highest BCUT2D eigenvalue weighted by atomic mass is 32.2. The van der Waals surface area contributed by atoms with Gasteiger partial charge in [0.05, 0.1) is 18.8 Å². The van der Waals surface area contributed by atoms with Crippen molar-refractivity contribution < 1.29 is 19.4 Å². The van der Waals surface area contributed by atoms with Crippen molar-refractivity contribution in [2.45, 2.75) is 38.2 Å². The van der Waals surface area contributed by atoms with E-state index in [0.29, 0.717) is 30.6 Å². The van der Waals surface area contributed by atoms with Crippen molar-refractivity contribution in [1.29, 1.82) is 0 Å². The minimum absolute atomic E-state index is 0.0114. The van der Waals surface area contributed by atoms with Crippen molar-refractivity contribution in [2.75, 3.05) is 19.0 Å². The molecule has 0 aromatic heterocycles. The lowest BCUT2D eigenvalue weighted by atomic mass is 10.1. The van der Waals surface area contributed by atoms with Crippen molar-refractivity contribution >= 4 is 16.9 Å². The fourth-order valence-corrected chi connectivity index (χ4v) is 2.97. The zero-order chi connectivity index (χ0) is 13.3. The number of hydrogen-bond donors (Lipinski definition) is 2. The third-order valence-electron chi connectivity index (χ3n) is 4.10. The molecule has 18 heavy (non-hydrogen) atoms. The monoisotopic (exact) mass is 275 g/mol. The van der Waals surface area contributed by atoms with Crippen LogP contribution in [0.2, 0.25) is 0 Å². The summed E-state index contributed by atoms with van der Waals surface area (Å²) in [4.78, 5) is 11.3. The molecule has 0 radical (unpaired) electrons. The lowest BCUT2D eigenvalue weighted by molar-refractivity contribution is -0.112. The predicted molar refractivity (Wildman–Crippen MR) is 69.0 cm³/mol. The van der Waals surface area contributed by atoms with Gasteiger partial charge in [-0.3, -0.25) is 4.79 Å². The Hall–Kier alpha value is -0.140. The molecule has 1 aliphatic carbocycles. The van der Waals surface area contributed by atoms with Gasteiger partial charge in [-0.2, -0.15) is 0 Å². The molecule has 2 rings (SSSR count). The molecular formula is C12H21NO4S. The Labute approximate surface area is 111 Å². The number of aliphatic hydroxyl groups is 1. The van der Waals surface area contributed by atoms with Crippen LogP contribution >= 0.6 is 11.8 Å². The van der Waals surface area contributed by atoms with Crippen molar-refractivity contribution in [3.63, 3.8) is 0 Å². The van der Waals surface area contributed by atoms with Crippen molar-refractivity contribution in [2.24, 2.45) is 17.6 Å². The lowest BCUT2D eigenvalue weighted by Gasteiger charge is -2.06. The van der Waals surface area contributed by atoms with Gasteiger partial charge in [0.15, 0.2) is 11.4 Å². The first-order valence-corrected chi connectivity index (χ1v) is 7.32. The highest BCUT2D eigenvalue weighted by Gasteiger charge is 2.69. The average molecular weight is 275 g/mol. The van der Waals surface area contributed by atoms with Gasteiger partial charge in [-0.15, -0.1) is 0 Å². The molecule has 1 saturated carbocycles. The second-order valence-electron chi connectivity index (χ2n) is 5.07. The zero-order valence-electron chi connectivity index (χ0n) is 10.8. The molecule has 5 atom stereocenters. The van der Waals surface area contributed by atoms with Gasteiger partial charge in [0.2, 0.25) is 0 Å². The zero-order valence-corrected chi connectivity index (χ0v) is 11.6. The number of epoxide rings is 1. The van der Waals surface area contributed by atoms with E-state index < -0.39 is 0 Å². The Morgan fingerprint density at radius 1 is 1.50 bits per heavy atom. The molecule has 5 nitrogen and oxygen atoms in total. The molecule has 104 valence electrons. The SMILES string of the molecule is CC1[C@@H](C)C1(N)C1OC1OCCC(=O)SCCO. The predicted octanol–water partition coefficient (Wildman–Crippen LogP) is 0.353. The second kappa shape index (κ2) is 5.46. The van der Waals surface area contributed by atoms with Gasteiger partial charge >= 0.3 is 0 Å². The largest absolute Gasteiger partial charge is 0.396 e. The molecule has 3 N–H and O–H groups in total. The smallest absolute Gasteiger partial charge is 0.191 e. The van der Waals surface area contributed by atoms with E-state index in [1.807, 2.05) is 0 Å². The minimum Gasteiger partial charge on any atom is -0.396 e. The van der Waals surface area contributed by atoms with Crippen LogP contribution in [0.1, 0.15) is 20.3 Å². The van der Waals surface area contributed by atoms with Crippen LogP contribution in [0, 0.1) is 11.8 Å². The first kappa shape index (κ1) is 14.3. The molecule has 1 saturated heterocycles. The molecule has 0 amide bonds. The minimum atomic E-state index is -0.238. The van der Waals surface area contributed by atoms with Gasteiger partial charge < -0.3 is 20.3 Å².